The summed E-state index contributed by atoms with van der Waals surface area (Å²) >= 11 is 0. The van der Waals surface area contributed by atoms with Crippen LogP contribution in [0.5, 0.6) is 5.88 Å². The maximum absolute atomic E-state index is 14.9. The van der Waals surface area contributed by atoms with E-state index in [1.807, 2.05) is 6.92 Å². The molecule has 0 aliphatic rings. The van der Waals surface area contributed by atoms with Gasteiger partial charge in [0.1, 0.15) is 17.7 Å². The normalized spacial score (nSPS) is 12.1. The summed E-state index contributed by atoms with van der Waals surface area (Å²) in [5.41, 5.74) is 1.90. The number of imidazole rings is 1. The first-order chi connectivity index (χ1) is 16.8. The second kappa shape index (κ2) is 10.6. The molecule has 6 nitrogen and oxygen atoms in total. The monoisotopic (exact) mass is 483 g/mol. The molecule has 2 heterocycles. The maximum Gasteiger partial charge on any atom is 0.303 e. The van der Waals surface area contributed by atoms with Crippen molar-refractivity contribution in [2.45, 2.75) is 45.1 Å². The molecule has 4 rings (SSSR count). The van der Waals surface area contributed by atoms with Gasteiger partial charge in [-0.3, -0.25) is 4.79 Å². The molecule has 0 bridgehead atoms. The van der Waals surface area contributed by atoms with Gasteiger partial charge in [0.15, 0.2) is 11.6 Å². The summed E-state index contributed by atoms with van der Waals surface area (Å²) in [4.78, 5) is 22.1. The lowest BCUT2D eigenvalue weighted by Crippen LogP contribution is -2.17. The summed E-state index contributed by atoms with van der Waals surface area (Å²) in [5, 5.41) is 8.83. The molecule has 2 aromatic carbocycles. The quantitative estimate of drug-likeness (QED) is 0.268. The number of aliphatic carboxylic acids is 1. The Morgan fingerprint density at radius 2 is 1.80 bits per heavy atom. The number of carboxylic acids is 1. The van der Waals surface area contributed by atoms with Gasteiger partial charge < -0.3 is 14.8 Å². The highest BCUT2D eigenvalue weighted by Gasteiger charge is 2.15. The van der Waals surface area contributed by atoms with E-state index < -0.39 is 23.4 Å². The van der Waals surface area contributed by atoms with E-state index in [0.717, 1.165) is 25.0 Å². The Labute approximate surface area is 199 Å². The van der Waals surface area contributed by atoms with Crippen molar-refractivity contribution in [1.82, 2.24) is 15.0 Å². The SMILES string of the molecule is CCC[C@H](CCCC(=O)O)Oc1ccc(-c2ccc(-c3nc4cc(F)c(F)cc4[nH]3)c(F)c2)cn1. The Morgan fingerprint density at radius 3 is 2.49 bits per heavy atom. The van der Waals surface area contributed by atoms with Gasteiger partial charge in [-0.15, -0.1) is 0 Å². The van der Waals surface area contributed by atoms with Gasteiger partial charge in [-0.1, -0.05) is 19.4 Å². The van der Waals surface area contributed by atoms with E-state index in [9.17, 15) is 18.0 Å². The van der Waals surface area contributed by atoms with Crippen molar-refractivity contribution in [3.63, 3.8) is 0 Å². The number of hydrogen-bond donors (Lipinski definition) is 2. The molecule has 2 aromatic heterocycles. The molecule has 0 amide bonds. The molecule has 0 fully saturated rings. The van der Waals surface area contributed by atoms with Crippen molar-refractivity contribution in [2.24, 2.45) is 0 Å². The van der Waals surface area contributed by atoms with E-state index in [0.29, 0.717) is 29.8 Å². The third-order valence-electron chi connectivity index (χ3n) is 5.63. The lowest BCUT2D eigenvalue weighted by molar-refractivity contribution is -0.137. The first-order valence-corrected chi connectivity index (χ1v) is 11.3. The molecular weight excluding hydrogens is 459 g/mol. The predicted molar refractivity (Wildman–Crippen MR) is 125 cm³/mol. The summed E-state index contributed by atoms with van der Waals surface area (Å²) in [6, 6.07) is 10.00. The molecule has 0 aliphatic carbocycles. The number of rotatable bonds is 10. The van der Waals surface area contributed by atoms with Crippen molar-refractivity contribution in [2.75, 3.05) is 0 Å². The maximum atomic E-state index is 14.9. The van der Waals surface area contributed by atoms with Gasteiger partial charge >= 0.3 is 5.97 Å². The molecular formula is C26H24F3N3O3. The molecule has 182 valence electrons. The number of carbonyl (C=O) groups is 1. The summed E-state index contributed by atoms with van der Waals surface area (Å²) in [6.45, 7) is 2.03. The number of nitrogens with one attached hydrogen (secondary N) is 1. The number of pyridine rings is 1. The van der Waals surface area contributed by atoms with Crippen LogP contribution in [0.2, 0.25) is 0 Å². The van der Waals surface area contributed by atoms with Crippen LogP contribution in [0.1, 0.15) is 39.0 Å². The summed E-state index contributed by atoms with van der Waals surface area (Å²) in [7, 11) is 0. The molecule has 0 unspecified atom stereocenters. The van der Waals surface area contributed by atoms with Crippen LogP contribution in [0.25, 0.3) is 33.5 Å². The van der Waals surface area contributed by atoms with Gasteiger partial charge in [0.2, 0.25) is 5.88 Å². The molecule has 2 N–H and O–H groups in total. The van der Waals surface area contributed by atoms with Crippen LogP contribution in [0.3, 0.4) is 0 Å². The Morgan fingerprint density at radius 1 is 1.03 bits per heavy atom. The number of H-pyrrole nitrogens is 1. The van der Waals surface area contributed by atoms with E-state index in [4.69, 9.17) is 9.84 Å². The smallest absolute Gasteiger partial charge is 0.303 e. The Balaban J connectivity index is 1.49. The van der Waals surface area contributed by atoms with E-state index in [-0.39, 0.29) is 34.9 Å². The Bertz CT molecular complexity index is 1300. The number of benzene rings is 2. The van der Waals surface area contributed by atoms with Gasteiger partial charge in [0.05, 0.1) is 16.6 Å². The number of fused-ring (bicyclic) bond motifs is 1. The van der Waals surface area contributed by atoms with Crippen molar-refractivity contribution >= 4 is 17.0 Å². The highest BCUT2D eigenvalue weighted by atomic mass is 19.2. The van der Waals surface area contributed by atoms with Gasteiger partial charge in [-0.2, -0.15) is 0 Å². The largest absolute Gasteiger partial charge is 0.481 e. The predicted octanol–water partition coefficient (Wildman–Crippen LogP) is 6.51. The Kier molecular flexibility index (Phi) is 7.33. The van der Waals surface area contributed by atoms with Crippen LogP contribution in [-0.4, -0.2) is 32.1 Å². The molecule has 1 atom stereocenters. The highest BCUT2D eigenvalue weighted by Crippen LogP contribution is 2.29. The number of carboxylic acid groups (broad SMARTS) is 1. The van der Waals surface area contributed by atoms with Gasteiger partial charge in [-0.25, -0.2) is 23.1 Å². The Hall–Kier alpha value is -3.88. The topological polar surface area (TPSA) is 88.1 Å². The standard InChI is InChI=1S/C26H24F3N3O3/c1-2-4-17(5-3-6-25(33)34)35-24-10-8-16(14-30-24)15-7-9-18(19(27)11-15)26-31-22-12-20(28)21(29)13-23(22)32-26/h7-14,17H,2-6H2,1H3,(H,31,32)(H,33,34)/t17-/m1/s1. The van der Waals surface area contributed by atoms with Crippen LogP contribution >= 0.6 is 0 Å². The van der Waals surface area contributed by atoms with Gasteiger partial charge in [-0.05, 0) is 43.0 Å². The minimum Gasteiger partial charge on any atom is -0.481 e. The van der Waals surface area contributed by atoms with Crippen molar-refractivity contribution < 1.29 is 27.8 Å². The highest BCUT2D eigenvalue weighted by molar-refractivity contribution is 5.80. The molecule has 9 heteroatoms. The zero-order chi connectivity index (χ0) is 24.9. The van der Waals surface area contributed by atoms with Crippen LogP contribution in [0, 0.1) is 17.5 Å². The lowest BCUT2D eigenvalue weighted by atomic mass is 10.0. The first kappa shape index (κ1) is 24.3. The van der Waals surface area contributed by atoms with Crippen molar-refractivity contribution in [3.8, 4) is 28.4 Å². The average molecular weight is 483 g/mol. The number of halogens is 3. The summed E-state index contributed by atoms with van der Waals surface area (Å²) in [5.74, 6) is -2.83. The lowest BCUT2D eigenvalue weighted by Gasteiger charge is -2.17. The van der Waals surface area contributed by atoms with E-state index in [2.05, 4.69) is 15.0 Å². The zero-order valence-corrected chi connectivity index (χ0v) is 19.0. The third-order valence-corrected chi connectivity index (χ3v) is 5.63. The number of nitrogens with zero attached hydrogens (tertiary/aromatic N) is 2. The molecule has 0 saturated heterocycles. The van der Waals surface area contributed by atoms with Crippen LogP contribution in [0.4, 0.5) is 13.2 Å². The fourth-order valence-corrected chi connectivity index (χ4v) is 3.88. The molecule has 0 radical (unpaired) electrons. The minimum absolute atomic E-state index is 0.0965. The fourth-order valence-electron chi connectivity index (χ4n) is 3.88. The number of hydrogen-bond acceptors (Lipinski definition) is 4. The molecule has 0 saturated carbocycles. The third kappa shape index (κ3) is 5.79. The second-order valence-corrected chi connectivity index (χ2v) is 8.26. The molecule has 4 aromatic rings. The van der Waals surface area contributed by atoms with E-state index in [1.54, 1.807) is 30.5 Å². The molecule has 35 heavy (non-hydrogen) atoms. The summed E-state index contributed by atoms with van der Waals surface area (Å²) < 4.78 is 47.8. The van der Waals surface area contributed by atoms with Crippen LogP contribution in [0.15, 0.2) is 48.7 Å². The van der Waals surface area contributed by atoms with Gasteiger partial charge in [0.25, 0.3) is 0 Å². The summed E-state index contributed by atoms with van der Waals surface area (Å²) in [6.07, 6.45) is 4.39. The number of aromatic amines is 1. The van der Waals surface area contributed by atoms with Crippen LogP contribution < -0.4 is 4.74 Å². The second-order valence-electron chi connectivity index (χ2n) is 8.26. The number of aromatic nitrogens is 3. The molecule has 0 aliphatic heterocycles. The fraction of sp³-hybridized carbons (Fsp3) is 0.269. The minimum atomic E-state index is -1.02. The number of ether oxygens (including phenoxy) is 1. The van der Waals surface area contributed by atoms with Gasteiger partial charge in [0, 0.05) is 36.4 Å². The molecule has 0 spiro atoms. The first-order valence-electron chi connectivity index (χ1n) is 11.3. The van der Waals surface area contributed by atoms with Crippen molar-refractivity contribution in [1.29, 1.82) is 0 Å². The zero-order valence-electron chi connectivity index (χ0n) is 19.0. The average Bonchev–Trinajstić information content (AvgIpc) is 3.22. The van der Waals surface area contributed by atoms with Crippen LogP contribution in [-0.2, 0) is 4.79 Å². The van der Waals surface area contributed by atoms with Crippen molar-refractivity contribution in [3.05, 3.63) is 66.1 Å². The van der Waals surface area contributed by atoms with E-state index in [1.165, 1.54) is 6.07 Å². The van der Waals surface area contributed by atoms with E-state index >= 15 is 0 Å².